The van der Waals surface area contributed by atoms with Gasteiger partial charge in [0.1, 0.15) is 5.82 Å². The van der Waals surface area contributed by atoms with Gasteiger partial charge in [0.2, 0.25) is 0 Å². The average molecular weight is 289 g/mol. The fourth-order valence-corrected chi connectivity index (χ4v) is 2.63. The summed E-state index contributed by atoms with van der Waals surface area (Å²) in [7, 11) is 3.17. The summed E-state index contributed by atoms with van der Waals surface area (Å²) in [4.78, 5) is 0. The molecule has 0 aliphatic rings. The van der Waals surface area contributed by atoms with E-state index in [-0.39, 0.29) is 11.9 Å². The third-order valence-electron chi connectivity index (χ3n) is 3.64. The molecule has 0 aliphatic heterocycles. The molecule has 0 aromatic heterocycles. The van der Waals surface area contributed by atoms with E-state index in [2.05, 4.69) is 0 Å². The molecule has 2 aromatic carbocycles. The van der Waals surface area contributed by atoms with Gasteiger partial charge in [0.25, 0.3) is 0 Å². The number of rotatable bonds is 4. The molecule has 0 amide bonds. The quantitative estimate of drug-likeness (QED) is 0.936. The summed E-state index contributed by atoms with van der Waals surface area (Å²) in [6.45, 7) is 3.73. The number of hydrogen-bond donors (Lipinski definition) is 1. The van der Waals surface area contributed by atoms with Crippen molar-refractivity contribution in [1.29, 1.82) is 0 Å². The predicted octanol–water partition coefficient (Wildman–Crippen LogP) is 3.51. The number of methoxy groups -OCH3 is 2. The normalized spacial score (nSPS) is 12.1. The van der Waals surface area contributed by atoms with Gasteiger partial charge in [-0.05, 0) is 60.4 Å². The molecule has 0 aliphatic carbocycles. The second kappa shape index (κ2) is 6.14. The minimum atomic E-state index is -0.342. The lowest BCUT2D eigenvalue weighted by atomic mass is 9.91. The molecular formula is C17H20FNO2. The third-order valence-corrected chi connectivity index (χ3v) is 3.64. The van der Waals surface area contributed by atoms with Gasteiger partial charge in [-0.3, -0.25) is 0 Å². The van der Waals surface area contributed by atoms with Gasteiger partial charge < -0.3 is 15.2 Å². The smallest absolute Gasteiger partial charge is 0.161 e. The van der Waals surface area contributed by atoms with E-state index in [9.17, 15) is 4.39 Å². The first kappa shape index (κ1) is 15.3. The highest BCUT2D eigenvalue weighted by molar-refractivity contribution is 5.48. The Morgan fingerprint density at radius 1 is 0.952 bits per heavy atom. The summed E-state index contributed by atoms with van der Waals surface area (Å²) in [6, 6.07) is 8.24. The minimum Gasteiger partial charge on any atom is -0.493 e. The van der Waals surface area contributed by atoms with E-state index < -0.39 is 0 Å². The van der Waals surface area contributed by atoms with Crippen molar-refractivity contribution in [3.05, 3.63) is 58.4 Å². The van der Waals surface area contributed by atoms with Gasteiger partial charge in [-0.2, -0.15) is 0 Å². The molecule has 2 aromatic rings. The molecule has 112 valence electrons. The van der Waals surface area contributed by atoms with E-state index in [1.54, 1.807) is 14.2 Å². The summed E-state index contributed by atoms with van der Waals surface area (Å²) in [5.41, 5.74) is 9.88. The largest absolute Gasteiger partial charge is 0.493 e. The maximum Gasteiger partial charge on any atom is 0.161 e. The summed E-state index contributed by atoms with van der Waals surface area (Å²) < 4.78 is 23.9. The number of hydrogen-bond acceptors (Lipinski definition) is 3. The lowest BCUT2D eigenvalue weighted by Crippen LogP contribution is -2.15. The number of nitrogens with two attached hydrogens (primary N) is 1. The predicted molar refractivity (Wildman–Crippen MR) is 81.5 cm³/mol. The molecule has 4 heteroatoms. The standard InChI is InChI=1S/C17H20FNO2/c1-10-7-13(18)8-11(2)16(10)17(19)12-5-6-14(20-3)15(9-12)21-4/h5-9,17H,19H2,1-4H3. The maximum atomic E-state index is 13.4. The SMILES string of the molecule is COc1ccc(C(N)c2c(C)cc(F)cc2C)cc1OC. The Morgan fingerprint density at radius 3 is 2.05 bits per heavy atom. The van der Waals surface area contributed by atoms with Crippen LogP contribution in [0.1, 0.15) is 28.3 Å². The highest BCUT2D eigenvalue weighted by atomic mass is 19.1. The van der Waals surface area contributed by atoms with Crippen molar-refractivity contribution < 1.29 is 13.9 Å². The molecule has 21 heavy (non-hydrogen) atoms. The molecule has 0 saturated carbocycles. The van der Waals surface area contributed by atoms with Crippen molar-refractivity contribution in [2.24, 2.45) is 5.73 Å². The highest BCUT2D eigenvalue weighted by Crippen LogP contribution is 2.33. The molecule has 0 fully saturated rings. The van der Waals surface area contributed by atoms with Crippen LogP contribution in [-0.4, -0.2) is 14.2 Å². The first-order chi connectivity index (χ1) is 9.97. The Balaban J connectivity index is 2.47. The van der Waals surface area contributed by atoms with E-state index in [1.165, 1.54) is 12.1 Å². The van der Waals surface area contributed by atoms with Gasteiger partial charge >= 0.3 is 0 Å². The molecule has 0 saturated heterocycles. The minimum absolute atomic E-state index is 0.242. The van der Waals surface area contributed by atoms with Gasteiger partial charge in [-0.25, -0.2) is 4.39 Å². The summed E-state index contributed by atoms with van der Waals surface area (Å²) in [5.74, 6) is 1.04. The monoisotopic (exact) mass is 289 g/mol. The Labute approximate surface area is 124 Å². The second-order valence-corrected chi connectivity index (χ2v) is 5.05. The molecule has 0 radical (unpaired) electrons. The van der Waals surface area contributed by atoms with Crippen LogP contribution in [0.3, 0.4) is 0 Å². The highest BCUT2D eigenvalue weighted by Gasteiger charge is 2.17. The van der Waals surface area contributed by atoms with Crippen LogP contribution in [0.25, 0.3) is 0 Å². The zero-order valence-electron chi connectivity index (χ0n) is 12.7. The van der Waals surface area contributed by atoms with Crippen LogP contribution in [-0.2, 0) is 0 Å². The number of benzene rings is 2. The van der Waals surface area contributed by atoms with Crippen LogP contribution in [0, 0.1) is 19.7 Å². The number of halogens is 1. The molecule has 0 heterocycles. The average Bonchev–Trinajstić information content (AvgIpc) is 2.45. The van der Waals surface area contributed by atoms with Gasteiger partial charge in [-0.1, -0.05) is 6.07 Å². The molecule has 1 unspecified atom stereocenters. The van der Waals surface area contributed by atoms with Crippen molar-refractivity contribution in [2.75, 3.05) is 14.2 Å². The first-order valence-corrected chi connectivity index (χ1v) is 6.72. The maximum absolute atomic E-state index is 13.4. The van der Waals surface area contributed by atoms with Gasteiger partial charge in [0.15, 0.2) is 11.5 Å². The topological polar surface area (TPSA) is 44.5 Å². The Bertz CT molecular complexity index is 632. The molecule has 3 nitrogen and oxygen atoms in total. The number of aryl methyl sites for hydroxylation is 2. The number of ether oxygens (including phenoxy) is 2. The molecule has 2 N–H and O–H groups in total. The van der Waals surface area contributed by atoms with Crippen molar-refractivity contribution >= 4 is 0 Å². The van der Waals surface area contributed by atoms with E-state index in [4.69, 9.17) is 15.2 Å². The van der Waals surface area contributed by atoms with Crippen LogP contribution in [0.5, 0.6) is 11.5 Å². The van der Waals surface area contributed by atoms with Crippen molar-refractivity contribution in [3.8, 4) is 11.5 Å². The van der Waals surface area contributed by atoms with Gasteiger partial charge in [0.05, 0.1) is 20.3 Å². The molecular weight excluding hydrogens is 269 g/mol. The lowest BCUT2D eigenvalue weighted by Gasteiger charge is -2.19. The van der Waals surface area contributed by atoms with E-state index in [1.807, 2.05) is 32.0 Å². The molecule has 0 bridgehead atoms. The molecule has 1 atom stereocenters. The van der Waals surface area contributed by atoms with E-state index in [0.717, 1.165) is 22.3 Å². The molecule has 2 rings (SSSR count). The van der Waals surface area contributed by atoms with Crippen LogP contribution in [0.2, 0.25) is 0 Å². The second-order valence-electron chi connectivity index (χ2n) is 5.05. The van der Waals surface area contributed by atoms with E-state index >= 15 is 0 Å². The zero-order chi connectivity index (χ0) is 15.6. The summed E-state index contributed by atoms with van der Waals surface area (Å²) in [6.07, 6.45) is 0. The Kier molecular flexibility index (Phi) is 4.48. The third kappa shape index (κ3) is 3.00. The van der Waals surface area contributed by atoms with Gasteiger partial charge in [0, 0.05) is 0 Å². The first-order valence-electron chi connectivity index (χ1n) is 6.72. The van der Waals surface area contributed by atoms with Gasteiger partial charge in [-0.15, -0.1) is 0 Å². The van der Waals surface area contributed by atoms with Crippen molar-refractivity contribution in [3.63, 3.8) is 0 Å². The summed E-state index contributed by atoms with van der Waals surface area (Å²) in [5, 5.41) is 0. The lowest BCUT2D eigenvalue weighted by molar-refractivity contribution is 0.354. The van der Waals surface area contributed by atoms with Crippen molar-refractivity contribution in [2.45, 2.75) is 19.9 Å². The van der Waals surface area contributed by atoms with Crippen LogP contribution < -0.4 is 15.2 Å². The van der Waals surface area contributed by atoms with Crippen molar-refractivity contribution in [1.82, 2.24) is 0 Å². The summed E-state index contributed by atoms with van der Waals surface area (Å²) >= 11 is 0. The Morgan fingerprint density at radius 2 is 1.52 bits per heavy atom. The fourth-order valence-electron chi connectivity index (χ4n) is 2.63. The fraction of sp³-hybridized carbons (Fsp3) is 0.294. The van der Waals surface area contributed by atoms with E-state index in [0.29, 0.717) is 11.5 Å². The Hall–Kier alpha value is -2.07. The van der Waals surface area contributed by atoms with Crippen LogP contribution in [0.15, 0.2) is 30.3 Å². The van der Waals surface area contributed by atoms with Crippen LogP contribution in [0.4, 0.5) is 4.39 Å². The van der Waals surface area contributed by atoms with Crippen LogP contribution >= 0.6 is 0 Å². The molecule has 0 spiro atoms. The zero-order valence-corrected chi connectivity index (χ0v) is 12.7.